The molecule has 0 radical (unpaired) electrons. The van der Waals surface area contributed by atoms with Crippen molar-refractivity contribution in [3.63, 3.8) is 0 Å². The molecule has 188 valence electrons. The van der Waals surface area contributed by atoms with Crippen LogP contribution in [0.5, 0.6) is 0 Å². The highest BCUT2D eigenvalue weighted by atomic mass is 32.1. The molecular weight excluding hydrogens is 470 g/mol. The number of aryl methyl sites for hydroxylation is 1. The van der Waals surface area contributed by atoms with Crippen molar-refractivity contribution in [2.75, 3.05) is 20.3 Å². The molecule has 3 aromatic rings. The fourth-order valence-electron chi connectivity index (χ4n) is 3.39. The molecule has 2 heterocycles. The number of alkyl carbamates (subject to hydrolysis) is 1. The lowest BCUT2D eigenvalue weighted by Crippen LogP contribution is -2.47. The van der Waals surface area contributed by atoms with Crippen LogP contribution in [0, 0.1) is 6.92 Å². The number of aromatic amines is 1. The molecule has 0 aliphatic rings. The minimum Gasteiger partial charge on any atom is -0.444 e. The molecule has 0 spiro atoms. The third-order valence-electron chi connectivity index (χ3n) is 4.96. The Balaban J connectivity index is 1.60. The predicted octanol–water partition coefficient (Wildman–Crippen LogP) is 3.13. The van der Waals surface area contributed by atoms with Gasteiger partial charge in [0.25, 0.3) is 11.8 Å². The first kappa shape index (κ1) is 26.2. The van der Waals surface area contributed by atoms with Crippen molar-refractivity contribution in [1.82, 2.24) is 26.1 Å². The van der Waals surface area contributed by atoms with E-state index in [1.807, 2.05) is 18.2 Å². The number of fused-ring (bicyclic) bond motifs is 1. The van der Waals surface area contributed by atoms with Gasteiger partial charge in [-0.05, 0) is 51.0 Å². The average Bonchev–Trinajstić information content (AvgIpc) is 3.41. The van der Waals surface area contributed by atoms with E-state index in [1.54, 1.807) is 40.0 Å². The Kier molecular flexibility index (Phi) is 8.47. The van der Waals surface area contributed by atoms with E-state index in [4.69, 9.17) is 9.47 Å². The van der Waals surface area contributed by atoms with E-state index in [1.165, 1.54) is 7.11 Å². The smallest absolute Gasteiger partial charge is 0.407 e. The third-order valence-corrected chi connectivity index (χ3v) is 6.19. The Morgan fingerprint density at radius 3 is 2.66 bits per heavy atom. The van der Waals surface area contributed by atoms with Crippen LogP contribution in [-0.4, -0.2) is 60.0 Å². The van der Waals surface area contributed by atoms with E-state index < -0.39 is 17.7 Å². The van der Waals surface area contributed by atoms with Gasteiger partial charge in [0.2, 0.25) is 0 Å². The Hall–Kier alpha value is -3.44. The molecule has 1 atom stereocenters. The van der Waals surface area contributed by atoms with Gasteiger partial charge in [0.1, 0.15) is 5.60 Å². The standard InChI is InChI=1S/C24H31N5O5S/c1-14-9-19(21(30)25-10-15-7-6-8-18-17(15)12-27-29-18)35-20(14)22(31)28-16(13-33-5)11-26-23(32)34-24(2,3)4/h6-9,12,16H,10-11,13H2,1-5H3,(H,25,30)(H,26,32)(H,27,29)(H,28,31). The van der Waals surface area contributed by atoms with Crippen LogP contribution >= 0.6 is 11.3 Å². The zero-order valence-corrected chi connectivity index (χ0v) is 21.3. The molecule has 1 unspecified atom stereocenters. The van der Waals surface area contributed by atoms with Crippen molar-refractivity contribution in [2.24, 2.45) is 0 Å². The van der Waals surface area contributed by atoms with Crippen molar-refractivity contribution in [1.29, 1.82) is 0 Å². The van der Waals surface area contributed by atoms with Crippen LogP contribution < -0.4 is 16.0 Å². The molecule has 0 bridgehead atoms. The highest BCUT2D eigenvalue weighted by molar-refractivity contribution is 7.16. The largest absolute Gasteiger partial charge is 0.444 e. The second kappa shape index (κ2) is 11.3. The number of aromatic nitrogens is 2. The predicted molar refractivity (Wildman–Crippen MR) is 134 cm³/mol. The molecule has 0 aliphatic heterocycles. The van der Waals surface area contributed by atoms with Crippen LogP contribution in [0.15, 0.2) is 30.5 Å². The lowest BCUT2D eigenvalue weighted by atomic mass is 10.1. The van der Waals surface area contributed by atoms with E-state index >= 15 is 0 Å². The number of methoxy groups -OCH3 is 1. The van der Waals surface area contributed by atoms with Crippen LogP contribution in [0.3, 0.4) is 0 Å². The number of nitrogens with zero attached hydrogens (tertiary/aromatic N) is 1. The van der Waals surface area contributed by atoms with E-state index in [0.717, 1.165) is 27.8 Å². The minimum atomic E-state index is -0.625. The second-order valence-electron chi connectivity index (χ2n) is 9.06. The van der Waals surface area contributed by atoms with Crippen molar-refractivity contribution in [2.45, 2.75) is 45.9 Å². The first-order valence-corrected chi connectivity index (χ1v) is 11.9. The Morgan fingerprint density at radius 1 is 1.17 bits per heavy atom. The Labute approximate surface area is 207 Å². The molecule has 0 aliphatic carbocycles. The summed E-state index contributed by atoms with van der Waals surface area (Å²) in [6.07, 6.45) is 1.15. The molecule has 1 aromatic carbocycles. The molecule has 3 amide bonds. The van der Waals surface area contributed by atoms with E-state index in [0.29, 0.717) is 21.9 Å². The summed E-state index contributed by atoms with van der Waals surface area (Å²) in [4.78, 5) is 38.5. The summed E-state index contributed by atoms with van der Waals surface area (Å²) in [5.74, 6) is -0.611. The molecule has 4 N–H and O–H groups in total. The molecule has 0 saturated carbocycles. The van der Waals surface area contributed by atoms with E-state index in [2.05, 4.69) is 26.1 Å². The van der Waals surface area contributed by atoms with Crippen molar-refractivity contribution >= 4 is 40.1 Å². The lowest BCUT2D eigenvalue weighted by molar-refractivity contribution is 0.0509. The fourth-order valence-corrected chi connectivity index (χ4v) is 4.38. The topological polar surface area (TPSA) is 134 Å². The summed E-state index contributed by atoms with van der Waals surface area (Å²) in [5.41, 5.74) is 1.90. The molecule has 2 aromatic heterocycles. The van der Waals surface area contributed by atoms with Gasteiger partial charge >= 0.3 is 6.09 Å². The highest BCUT2D eigenvalue weighted by Gasteiger charge is 2.22. The minimum absolute atomic E-state index is 0.131. The van der Waals surface area contributed by atoms with Crippen molar-refractivity contribution in [3.8, 4) is 0 Å². The highest BCUT2D eigenvalue weighted by Crippen LogP contribution is 2.23. The average molecular weight is 502 g/mol. The number of ether oxygens (including phenoxy) is 2. The summed E-state index contributed by atoms with van der Waals surface area (Å²) in [6, 6.07) is 6.96. The maximum Gasteiger partial charge on any atom is 0.407 e. The molecule has 0 fully saturated rings. The first-order valence-electron chi connectivity index (χ1n) is 11.1. The number of carbonyl (C=O) groups excluding carboxylic acids is 3. The van der Waals surface area contributed by atoms with Crippen LogP contribution in [-0.2, 0) is 16.0 Å². The normalized spacial score (nSPS) is 12.3. The summed E-state index contributed by atoms with van der Waals surface area (Å²) in [7, 11) is 1.51. The van der Waals surface area contributed by atoms with Crippen LogP contribution in [0.4, 0.5) is 4.79 Å². The Bertz CT molecular complexity index is 1200. The third kappa shape index (κ3) is 7.27. The monoisotopic (exact) mass is 501 g/mol. The van der Waals surface area contributed by atoms with Gasteiger partial charge in [-0.3, -0.25) is 14.7 Å². The fraction of sp³-hybridized carbons (Fsp3) is 0.417. The van der Waals surface area contributed by atoms with Gasteiger partial charge in [-0.25, -0.2) is 4.79 Å². The number of hydrogen-bond donors (Lipinski definition) is 4. The number of rotatable bonds is 9. The second-order valence-corrected chi connectivity index (χ2v) is 10.1. The lowest BCUT2D eigenvalue weighted by Gasteiger charge is -2.22. The zero-order chi connectivity index (χ0) is 25.6. The summed E-state index contributed by atoms with van der Waals surface area (Å²) in [6.45, 7) is 7.74. The number of benzene rings is 1. The van der Waals surface area contributed by atoms with Gasteiger partial charge in [-0.1, -0.05) is 12.1 Å². The SMILES string of the molecule is COCC(CNC(=O)OC(C)(C)C)NC(=O)c1sc(C(=O)NCc2cccc3[nH]ncc23)cc1C. The van der Waals surface area contributed by atoms with Gasteiger partial charge in [0.05, 0.1) is 34.1 Å². The summed E-state index contributed by atoms with van der Waals surface area (Å²) < 4.78 is 10.4. The van der Waals surface area contributed by atoms with Crippen molar-refractivity contribution < 1.29 is 23.9 Å². The first-order chi connectivity index (χ1) is 16.6. The molecular formula is C24H31N5O5S. The van der Waals surface area contributed by atoms with Gasteiger partial charge in [0.15, 0.2) is 0 Å². The number of carbonyl (C=O) groups is 3. The van der Waals surface area contributed by atoms with Crippen LogP contribution in [0.2, 0.25) is 0 Å². The number of thiophene rings is 1. The zero-order valence-electron chi connectivity index (χ0n) is 20.5. The van der Waals surface area contributed by atoms with Crippen LogP contribution in [0.1, 0.15) is 51.2 Å². The van der Waals surface area contributed by atoms with E-state index in [9.17, 15) is 14.4 Å². The number of H-pyrrole nitrogens is 1. The van der Waals surface area contributed by atoms with Gasteiger partial charge in [-0.15, -0.1) is 11.3 Å². The maximum atomic E-state index is 12.9. The molecule has 3 rings (SSSR count). The van der Waals surface area contributed by atoms with Gasteiger partial charge < -0.3 is 25.4 Å². The Morgan fingerprint density at radius 2 is 1.94 bits per heavy atom. The molecule has 35 heavy (non-hydrogen) atoms. The van der Waals surface area contributed by atoms with Crippen LogP contribution in [0.25, 0.3) is 10.9 Å². The van der Waals surface area contributed by atoms with Gasteiger partial charge in [0, 0.05) is 25.6 Å². The molecule has 11 heteroatoms. The molecule has 0 saturated heterocycles. The van der Waals surface area contributed by atoms with Gasteiger partial charge in [-0.2, -0.15) is 5.10 Å². The maximum absolute atomic E-state index is 12.9. The van der Waals surface area contributed by atoms with Crippen molar-refractivity contribution in [3.05, 3.63) is 51.3 Å². The quantitative estimate of drug-likeness (QED) is 0.356. The summed E-state index contributed by atoms with van der Waals surface area (Å²) >= 11 is 1.11. The number of nitrogens with one attached hydrogen (secondary N) is 4. The number of hydrogen-bond acceptors (Lipinski definition) is 7. The van der Waals surface area contributed by atoms with E-state index in [-0.39, 0.29) is 25.0 Å². The number of amides is 3. The summed E-state index contributed by atoms with van der Waals surface area (Å²) in [5, 5.41) is 16.3. The molecule has 10 nitrogen and oxygen atoms in total.